The van der Waals surface area contributed by atoms with E-state index in [1.165, 1.54) is 37.0 Å². The summed E-state index contributed by atoms with van der Waals surface area (Å²) in [4.78, 5) is 32.1. The zero-order valence-electron chi connectivity index (χ0n) is 21.4. The number of thiophene rings is 1. The number of fused-ring (bicyclic) bond motifs is 1. The summed E-state index contributed by atoms with van der Waals surface area (Å²) in [7, 11) is 0. The first-order chi connectivity index (χ1) is 17.0. The number of esters is 1. The van der Waals surface area contributed by atoms with Gasteiger partial charge in [-0.25, -0.2) is 4.79 Å². The van der Waals surface area contributed by atoms with Gasteiger partial charge in [0.2, 0.25) is 5.91 Å². The number of hydrogen-bond donors (Lipinski definition) is 1. The first-order valence-corrected chi connectivity index (χ1v) is 14.9. The van der Waals surface area contributed by atoms with Crippen molar-refractivity contribution in [2.24, 2.45) is 29.6 Å². The van der Waals surface area contributed by atoms with Crippen molar-refractivity contribution in [1.29, 1.82) is 0 Å². The van der Waals surface area contributed by atoms with Crippen molar-refractivity contribution in [3.63, 3.8) is 0 Å². The van der Waals surface area contributed by atoms with Gasteiger partial charge in [-0.05, 0) is 93.4 Å². The van der Waals surface area contributed by atoms with E-state index in [0.29, 0.717) is 29.6 Å². The highest BCUT2D eigenvalue weighted by atomic mass is 32.1. The normalized spacial score (nSPS) is 34.6. The number of nitrogens with zero attached hydrogens (tertiary/aromatic N) is 2. The van der Waals surface area contributed by atoms with E-state index in [9.17, 15) is 9.59 Å². The van der Waals surface area contributed by atoms with E-state index in [1.54, 1.807) is 11.3 Å². The van der Waals surface area contributed by atoms with Crippen LogP contribution < -0.4 is 5.32 Å². The molecule has 4 bridgehead atoms. The van der Waals surface area contributed by atoms with Crippen molar-refractivity contribution in [1.82, 2.24) is 9.80 Å². The maximum absolute atomic E-state index is 13.1. The lowest BCUT2D eigenvalue weighted by molar-refractivity contribution is -0.118. The van der Waals surface area contributed by atoms with E-state index in [4.69, 9.17) is 4.74 Å². The van der Waals surface area contributed by atoms with Crippen LogP contribution in [-0.4, -0.2) is 67.0 Å². The smallest absolute Gasteiger partial charge is 0.341 e. The van der Waals surface area contributed by atoms with Gasteiger partial charge in [0.1, 0.15) is 5.00 Å². The van der Waals surface area contributed by atoms with Crippen LogP contribution in [0.1, 0.15) is 73.2 Å². The molecule has 192 valence electrons. The molecule has 0 spiro atoms. The summed E-state index contributed by atoms with van der Waals surface area (Å²) < 4.78 is 5.36. The molecule has 1 aromatic rings. The van der Waals surface area contributed by atoms with E-state index in [1.807, 2.05) is 6.92 Å². The molecule has 6 nitrogen and oxygen atoms in total. The van der Waals surface area contributed by atoms with Gasteiger partial charge in [0.15, 0.2) is 0 Å². The number of piperazine rings is 1. The third-order valence-electron chi connectivity index (χ3n) is 9.62. The Kier molecular flexibility index (Phi) is 6.69. The molecule has 1 unspecified atom stereocenters. The number of hydrogen-bond acceptors (Lipinski definition) is 6. The average Bonchev–Trinajstić information content (AvgIpc) is 3.16. The molecule has 6 aliphatic rings. The van der Waals surface area contributed by atoms with Gasteiger partial charge in [-0.15, -0.1) is 11.3 Å². The topological polar surface area (TPSA) is 61.9 Å². The van der Waals surface area contributed by atoms with Crippen molar-refractivity contribution in [2.75, 3.05) is 44.6 Å². The molecule has 1 amide bonds. The van der Waals surface area contributed by atoms with Gasteiger partial charge in [0, 0.05) is 37.1 Å². The molecule has 1 N–H and O–H groups in total. The van der Waals surface area contributed by atoms with Gasteiger partial charge in [-0.3, -0.25) is 14.6 Å². The van der Waals surface area contributed by atoms with E-state index >= 15 is 0 Å². The largest absolute Gasteiger partial charge is 0.462 e. The molecule has 1 aliphatic heterocycles. The number of amides is 1. The molecule has 1 saturated heterocycles. The van der Waals surface area contributed by atoms with Crippen LogP contribution in [0.2, 0.25) is 0 Å². The summed E-state index contributed by atoms with van der Waals surface area (Å²) in [6.07, 6.45) is 10.3. The Morgan fingerprint density at radius 2 is 1.71 bits per heavy atom. The minimum Gasteiger partial charge on any atom is -0.462 e. The molecular formula is C28H41N3O3S. The Morgan fingerprint density at radius 1 is 1.03 bits per heavy atom. The Hall–Kier alpha value is -1.44. The van der Waals surface area contributed by atoms with Crippen LogP contribution in [0.5, 0.6) is 0 Å². The van der Waals surface area contributed by atoms with E-state index in [-0.39, 0.29) is 11.9 Å². The fourth-order valence-corrected chi connectivity index (χ4v) is 9.75. The molecule has 7 heteroatoms. The number of carbonyl (C=O) groups is 2. The van der Waals surface area contributed by atoms with Crippen LogP contribution >= 0.6 is 11.3 Å². The maximum Gasteiger partial charge on any atom is 0.341 e. The lowest BCUT2D eigenvalue weighted by atomic mass is 9.54. The van der Waals surface area contributed by atoms with Gasteiger partial charge in [0.25, 0.3) is 0 Å². The van der Waals surface area contributed by atoms with Crippen molar-refractivity contribution in [3.05, 3.63) is 16.0 Å². The minimum absolute atomic E-state index is 0.00901. The van der Waals surface area contributed by atoms with Gasteiger partial charge in [-0.2, -0.15) is 0 Å². The second kappa shape index (κ2) is 9.79. The molecule has 1 atom stereocenters. The molecular weight excluding hydrogens is 458 g/mol. The first kappa shape index (κ1) is 23.9. The van der Waals surface area contributed by atoms with Crippen molar-refractivity contribution >= 4 is 28.2 Å². The Labute approximate surface area is 213 Å². The SMILES string of the molecule is CCOC(=O)c1c(NC(=O)CN2CCN(C3C4CC5CC(C4)CC3C5)CC2)sc2c1CCC(C)C2. The van der Waals surface area contributed by atoms with E-state index in [0.717, 1.165) is 80.7 Å². The third kappa shape index (κ3) is 4.69. The molecule has 0 radical (unpaired) electrons. The van der Waals surface area contributed by atoms with Crippen LogP contribution in [0.25, 0.3) is 0 Å². The zero-order chi connectivity index (χ0) is 24.1. The van der Waals surface area contributed by atoms with Gasteiger partial charge >= 0.3 is 5.97 Å². The number of carbonyl (C=O) groups excluding carboxylic acids is 2. The Bertz CT molecular complexity index is 939. The summed E-state index contributed by atoms with van der Waals surface area (Å²) in [6, 6.07) is 0.797. The molecule has 5 aliphatic carbocycles. The summed E-state index contributed by atoms with van der Waals surface area (Å²) in [5.74, 6) is 4.20. The second-order valence-electron chi connectivity index (χ2n) is 12.1. The molecule has 1 aromatic heterocycles. The molecule has 35 heavy (non-hydrogen) atoms. The van der Waals surface area contributed by atoms with E-state index in [2.05, 4.69) is 22.0 Å². The van der Waals surface area contributed by atoms with Crippen LogP contribution in [0, 0.1) is 29.6 Å². The summed E-state index contributed by atoms with van der Waals surface area (Å²) >= 11 is 1.58. The fourth-order valence-electron chi connectivity index (χ4n) is 8.34. The van der Waals surface area contributed by atoms with E-state index < -0.39 is 0 Å². The molecule has 7 rings (SSSR count). The summed E-state index contributed by atoms with van der Waals surface area (Å²) in [5.41, 5.74) is 1.71. The fraction of sp³-hybridized carbons (Fsp3) is 0.786. The third-order valence-corrected chi connectivity index (χ3v) is 10.8. The van der Waals surface area contributed by atoms with Crippen LogP contribution in [0.15, 0.2) is 0 Å². The van der Waals surface area contributed by atoms with Crippen molar-refractivity contribution in [2.45, 2.75) is 71.3 Å². The number of ether oxygens (including phenoxy) is 1. The molecule has 0 aromatic carbocycles. The highest BCUT2D eigenvalue weighted by molar-refractivity contribution is 7.17. The van der Waals surface area contributed by atoms with Crippen LogP contribution in [0.4, 0.5) is 5.00 Å². The van der Waals surface area contributed by atoms with Crippen LogP contribution in [-0.2, 0) is 22.4 Å². The van der Waals surface area contributed by atoms with Crippen molar-refractivity contribution < 1.29 is 14.3 Å². The molecule has 4 saturated carbocycles. The summed E-state index contributed by atoms with van der Waals surface area (Å²) in [6.45, 7) is 8.92. The first-order valence-electron chi connectivity index (χ1n) is 14.1. The Morgan fingerprint density at radius 3 is 2.37 bits per heavy atom. The van der Waals surface area contributed by atoms with Crippen molar-refractivity contribution in [3.8, 4) is 0 Å². The van der Waals surface area contributed by atoms with Gasteiger partial charge < -0.3 is 10.1 Å². The Balaban J connectivity index is 1.06. The highest BCUT2D eigenvalue weighted by Gasteiger charge is 2.50. The van der Waals surface area contributed by atoms with Gasteiger partial charge in [0.05, 0.1) is 18.7 Å². The lowest BCUT2D eigenvalue weighted by Crippen LogP contribution is -2.60. The molecule has 2 heterocycles. The lowest BCUT2D eigenvalue weighted by Gasteiger charge is -2.58. The quantitative estimate of drug-likeness (QED) is 0.587. The molecule has 5 fully saturated rings. The standard InChI is InChI=1S/C28H41N3O3S/c1-3-34-28(33)25-22-5-4-17(2)10-23(22)35-27(25)29-24(32)16-30-6-8-31(9-7-30)26-20-12-18-11-19(14-20)15-21(26)13-18/h17-21,26H,3-16H2,1-2H3,(H,29,32). The van der Waals surface area contributed by atoms with Crippen LogP contribution in [0.3, 0.4) is 0 Å². The zero-order valence-corrected chi connectivity index (χ0v) is 22.2. The predicted molar refractivity (Wildman–Crippen MR) is 139 cm³/mol. The number of rotatable bonds is 6. The number of nitrogens with one attached hydrogen (secondary N) is 1. The highest BCUT2D eigenvalue weighted by Crippen LogP contribution is 2.55. The second-order valence-corrected chi connectivity index (χ2v) is 13.2. The van der Waals surface area contributed by atoms with Gasteiger partial charge in [-0.1, -0.05) is 6.92 Å². The predicted octanol–water partition coefficient (Wildman–Crippen LogP) is 4.43. The monoisotopic (exact) mass is 499 g/mol. The minimum atomic E-state index is -0.292. The average molecular weight is 500 g/mol. The maximum atomic E-state index is 13.1. The summed E-state index contributed by atoms with van der Waals surface area (Å²) in [5, 5.41) is 3.80. The number of anilines is 1.